The van der Waals surface area contributed by atoms with Gasteiger partial charge >= 0.3 is 0 Å². The number of amides is 1. The molecule has 1 aliphatic carbocycles. The van der Waals surface area contributed by atoms with Crippen LogP contribution in [0.25, 0.3) is 5.69 Å². The third-order valence-corrected chi connectivity index (χ3v) is 4.41. The molecule has 1 fully saturated rings. The number of anilines is 1. The molecule has 120 valence electrons. The molecular weight excluding hydrogens is 322 g/mol. The molecule has 0 spiro atoms. The minimum Gasteiger partial charge on any atom is -0.319 e. The number of nitrogens with zero attached hydrogens (tertiary/aromatic N) is 2. The molecule has 1 heterocycles. The van der Waals surface area contributed by atoms with Gasteiger partial charge in [-0.1, -0.05) is 41.9 Å². The summed E-state index contributed by atoms with van der Waals surface area (Å²) in [5.74, 6) is 0.258. The smallest absolute Gasteiger partial charge is 0.274 e. The summed E-state index contributed by atoms with van der Waals surface area (Å²) in [5.41, 5.74) is 2.96. The maximum atomic E-state index is 12.8. The van der Waals surface area contributed by atoms with E-state index < -0.39 is 0 Å². The Labute approximate surface area is 145 Å². The lowest BCUT2D eigenvalue weighted by Crippen LogP contribution is -2.17. The molecule has 1 aromatic heterocycles. The largest absolute Gasteiger partial charge is 0.319 e. The van der Waals surface area contributed by atoms with E-state index in [0.717, 1.165) is 24.2 Å². The molecule has 0 saturated heterocycles. The third-order valence-electron chi connectivity index (χ3n) is 4.08. The van der Waals surface area contributed by atoms with Gasteiger partial charge in [-0.2, -0.15) is 5.10 Å². The number of carbonyl (C=O) groups excluding carboxylic acids is 1. The van der Waals surface area contributed by atoms with Crippen LogP contribution in [-0.2, 0) is 0 Å². The molecule has 1 saturated carbocycles. The van der Waals surface area contributed by atoms with Crippen LogP contribution in [0, 0.1) is 0 Å². The van der Waals surface area contributed by atoms with Crippen LogP contribution < -0.4 is 5.32 Å². The van der Waals surface area contributed by atoms with Crippen molar-refractivity contribution in [1.82, 2.24) is 9.78 Å². The van der Waals surface area contributed by atoms with E-state index in [2.05, 4.69) is 10.4 Å². The van der Waals surface area contributed by atoms with Crippen molar-refractivity contribution < 1.29 is 4.79 Å². The summed E-state index contributed by atoms with van der Waals surface area (Å²) in [6, 6.07) is 18.8. The Morgan fingerprint density at radius 3 is 2.50 bits per heavy atom. The number of halogens is 1. The Bertz CT molecular complexity index is 885. The quantitative estimate of drug-likeness (QED) is 0.753. The molecule has 5 heteroatoms. The van der Waals surface area contributed by atoms with E-state index >= 15 is 0 Å². The lowest BCUT2D eigenvalue weighted by atomic mass is 10.2. The highest BCUT2D eigenvalue weighted by Crippen LogP contribution is 2.39. The first-order valence-corrected chi connectivity index (χ1v) is 8.31. The van der Waals surface area contributed by atoms with Crippen LogP contribution in [0.3, 0.4) is 0 Å². The van der Waals surface area contributed by atoms with Gasteiger partial charge in [-0.05, 0) is 43.2 Å². The van der Waals surface area contributed by atoms with E-state index in [1.807, 2.05) is 48.5 Å². The summed E-state index contributed by atoms with van der Waals surface area (Å²) < 4.78 is 1.71. The fourth-order valence-corrected chi connectivity index (χ4v) is 2.84. The van der Waals surface area contributed by atoms with Crippen molar-refractivity contribution in [2.45, 2.75) is 18.8 Å². The molecule has 1 aliphatic rings. The minimum absolute atomic E-state index is 0.216. The summed E-state index contributed by atoms with van der Waals surface area (Å²) in [6.07, 6.45) is 2.27. The summed E-state index contributed by atoms with van der Waals surface area (Å²) in [7, 11) is 0. The van der Waals surface area contributed by atoms with Gasteiger partial charge < -0.3 is 5.32 Å². The first-order valence-electron chi connectivity index (χ1n) is 7.93. The van der Waals surface area contributed by atoms with Gasteiger partial charge in [0, 0.05) is 5.92 Å². The number of rotatable bonds is 4. The second-order valence-corrected chi connectivity index (χ2v) is 6.32. The van der Waals surface area contributed by atoms with Gasteiger partial charge in [-0.3, -0.25) is 4.79 Å². The SMILES string of the molecule is O=C(Nc1ccccc1Cl)c1cc(C2CC2)nn1-c1ccccc1. The first kappa shape index (κ1) is 15.0. The van der Waals surface area contributed by atoms with E-state index in [9.17, 15) is 4.79 Å². The molecule has 0 atom stereocenters. The Balaban J connectivity index is 1.71. The van der Waals surface area contributed by atoms with Crippen molar-refractivity contribution in [3.8, 4) is 5.69 Å². The maximum Gasteiger partial charge on any atom is 0.274 e. The molecule has 1 amide bonds. The van der Waals surface area contributed by atoms with Crippen LogP contribution in [0.4, 0.5) is 5.69 Å². The summed E-state index contributed by atoms with van der Waals surface area (Å²) in [4.78, 5) is 12.8. The monoisotopic (exact) mass is 337 g/mol. The fraction of sp³-hybridized carbons (Fsp3) is 0.158. The Morgan fingerprint density at radius 2 is 1.79 bits per heavy atom. The zero-order chi connectivity index (χ0) is 16.5. The van der Waals surface area contributed by atoms with Crippen LogP contribution in [0.1, 0.15) is 34.9 Å². The normalized spacial score (nSPS) is 13.7. The molecule has 0 bridgehead atoms. The number of hydrogen-bond acceptors (Lipinski definition) is 2. The standard InChI is InChI=1S/C19H16ClN3O/c20-15-8-4-5-9-16(15)21-19(24)18-12-17(13-10-11-13)22-23(18)14-6-2-1-3-7-14/h1-9,12-13H,10-11H2,(H,21,24). The summed E-state index contributed by atoms with van der Waals surface area (Å²) >= 11 is 6.14. The molecule has 24 heavy (non-hydrogen) atoms. The first-order chi connectivity index (χ1) is 11.7. The second kappa shape index (κ2) is 6.13. The highest BCUT2D eigenvalue weighted by molar-refractivity contribution is 6.33. The van der Waals surface area contributed by atoms with Gasteiger partial charge in [-0.25, -0.2) is 4.68 Å². The van der Waals surface area contributed by atoms with Gasteiger partial charge in [0.2, 0.25) is 0 Å². The van der Waals surface area contributed by atoms with Crippen molar-refractivity contribution in [2.75, 3.05) is 5.32 Å². The molecule has 0 aliphatic heterocycles. The van der Waals surface area contributed by atoms with Gasteiger partial charge in [0.15, 0.2) is 0 Å². The highest BCUT2D eigenvalue weighted by atomic mass is 35.5. The predicted octanol–water partition coefficient (Wildman–Crippen LogP) is 4.66. The number of aromatic nitrogens is 2. The van der Waals surface area contributed by atoms with Crippen LogP contribution in [0.15, 0.2) is 60.7 Å². The molecule has 0 unspecified atom stereocenters. The molecule has 4 rings (SSSR count). The number of carbonyl (C=O) groups is 1. The number of para-hydroxylation sites is 2. The van der Waals surface area contributed by atoms with E-state index in [1.54, 1.807) is 16.8 Å². The van der Waals surface area contributed by atoms with Crippen molar-refractivity contribution in [2.24, 2.45) is 0 Å². The van der Waals surface area contributed by atoms with E-state index in [4.69, 9.17) is 11.6 Å². The van der Waals surface area contributed by atoms with Gasteiger partial charge in [0.05, 0.1) is 22.1 Å². The number of benzene rings is 2. The third kappa shape index (κ3) is 2.93. The lowest BCUT2D eigenvalue weighted by molar-refractivity contribution is 0.101. The minimum atomic E-state index is -0.216. The van der Waals surface area contributed by atoms with Gasteiger partial charge in [0.1, 0.15) is 5.69 Å². The molecule has 2 aromatic carbocycles. The second-order valence-electron chi connectivity index (χ2n) is 5.91. The number of nitrogens with one attached hydrogen (secondary N) is 1. The topological polar surface area (TPSA) is 46.9 Å². The van der Waals surface area contributed by atoms with Gasteiger partial charge in [-0.15, -0.1) is 0 Å². The Hall–Kier alpha value is -2.59. The van der Waals surface area contributed by atoms with Crippen molar-refractivity contribution in [3.05, 3.63) is 77.1 Å². The average Bonchev–Trinajstić information content (AvgIpc) is 3.36. The maximum absolute atomic E-state index is 12.8. The molecule has 4 nitrogen and oxygen atoms in total. The average molecular weight is 338 g/mol. The summed E-state index contributed by atoms with van der Waals surface area (Å²) in [6.45, 7) is 0. The zero-order valence-electron chi connectivity index (χ0n) is 12.9. The van der Waals surface area contributed by atoms with E-state index in [1.165, 1.54) is 0 Å². The molecule has 3 aromatic rings. The molecule has 1 N–H and O–H groups in total. The van der Waals surface area contributed by atoms with Crippen LogP contribution >= 0.6 is 11.6 Å². The predicted molar refractivity (Wildman–Crippen MR) is 94.9 cm³/mol. The summed E-state index contributed by atoms with van der Waals surface area (Å²) in [5, 5.41) is 8.04. The molecule has 0 radical (unpaired) electrons. The van der Waals surface area contributed by atoms with Crippen LogP contribution in [0.5, 0.6) is 0 Å². The van der Waals surface area contributed by atoms with E-state index in [-0.39, 0.29) is 5.91 Å². The lowest BCUT2D eigenvalue weighted by Gasteiger charge is -2.09. The highest BCUT2D eigenvalue weighted by Gasteiger charge is 2.29. The zero-order valence-corrected chi connectivity index (χ0v) is 13.7. The number of hydrogen-bond donors (Lipinski definition) is 1. The fourth-order valence-electron chi connectivity index (χ4n) is 2.65. The van der Waals surface area contributed by atoms with Crippen molar-refractivity contribution in [3.63, 3.8) is 0 Å². The van der Waals surface area contributed by atoms with Crippen LogP contribution in [-0.4, -0.2) is 15.7 Å². The van der Waals surface area contributed by atoms with E-state index in [0.29, 0.717) is 22.3 Å². The van der Waals surface area contributed by atoms with Gasteiger partial charge in [0.25, 0.3) is 5.91 Å². The van der Waals surface area contributed by atoms with Crippen molar-refractivity contribution in [1.29, 1.82) is 0 Å². The Morgan fingerprint density at radius 1 is 1.08 bits per heavy atom. The Kier molecular flexibility index (Phi) is 3.82. The van der Waals surface area contributed by atoms with Crippen molar-refractivity contribution >= 4 is 23.2 Å². The molecular formula is C19H16ClN3O. The van der Waals surface area contributed by atoms with Crippen LogP contribution in [0.2, 0.25) is 5.02 Å².